The highest BCUT2D eigenvalue weighted by atomic mass is 32.1. The van der Waals surface area contributed by atoms with Crippen molar-refractivity contribution in [3.8, 4) is 10.7 Å². The fourth-order valence-electron chi connectivity index (χ4n) is 2.75. The van der Waals surface area contributed by atoms with Crippen LogP contribution < -0.4 is 5.32 Å². The Labute approximate surface area is 139 Å². The van der Waals surface area contributed by atoms with Crippen LogP contribution in [-0.4, -0.2) is 40.6 Å². The molecule has 23 heavy (non-hydrogen) atoms. The third-order valence-corrected chi connectivity index (χ3v) is 4.73. The minimum absolute atomic E-state index is 0.0170. The Bertz CT molecular complexity index is 653. The van der Waals surface area contributed by atoms with Gasteiger partial charge in [0.15, 0.2) is 0 Å². The van der Waals surface area contributed by atoms with Crippen LogP contribution in [0.25, 0.3) is 10.7 Å². The number of piperidine rings is 1. The van der Waals surface area contributed by atoms with Gasteiger partial charge >= 0.3 is 0 Å². The molecule has 0 saturated carbocycles. The first-order valence-electron chi connectivity index (χ1n) is 7.73. The minimum atomic E-state index is 0.0170. The van der Waals surface area contributed by atoms with E-state index < -0.39 is 0 Å². The summed E-state index contributed by atoms with van der Waals surface area (Å²) in [6.07, 6.45) is 3.62. The molecule has 3 rings (SSSR count). The van der Waals surface area contributed by atoms with E-state index in [2.05, 4.69) is 26.9 Å². The molecule has 0 radical (unpaired) electrons. The average molecular weight is 332 g/mol. The molecule has 0 spiro atoms. The Kier molecular flexibility index (Phi) is 5.19. The zero-order valence-electron chi connectivity index (χ0n) is 12.9. The quantitative estimate of drug-likeness (QED) is 0.822. The predicted octanol–water partition coefficient (Wildman–Crippen LogP) is 2.31. The molecular weight excluding hydrogens is 312 g/mol. The van der Waals surface area contributed by atoms with Gasteiger partial charge in [0.25, 0.3) is 0 Å². The van der Waals surface area contributed by atoms with Crippen LogP contribution in [0.1, 0.15) is 18.7 Å². The highest BCUT2D eigenvalue weighted by Gasteiger charge is 2.26. The number of nitrogens with one attached hydrogen (secondary N) is 1. The van der Waals surface area contributed by atoms with Crippen molar-refractivity contribution in [3.63, 3.8) is 0 Å². The van der Waals surface area contributed by atoms with Gasteiger partial charge in [-0.3, -0.25) is 9.69 Å². The Morgan fingerprint density at radius 2 is 2.52 bits per heavy atom. The molecule has 1 fully saturated rings. The molecule has 6 nitrogen and oxygen atoms in total. The molecule has 2 aromatic heterocycles. The topological polar surface area (TPSA) is 71.3 Å². The largest absolute Gasteiger partial charge is 0.352 e. The minimum Gasteiger partial charge on any atom is -0.352 e. The van der Waals surface area contributed by atoms with Crippen molar-refractivity contribution in [3.05, 3.63) is 36.1 Å². The zero-order valence-corrected chi connectivity index (χ0v) is 13.7. The third-order valence-electron chi connectivity index (χ3n) is 3.87. The van der Waals surface area contributed by atoms with Crippen molar-refractivity contribution in [2.24, 2.45) is 5.92 Å². The van der Waals surface area contributed by atoms with Gasteiger partial charge in [0.1, 0.15) is 0 Å². The number of carbonyl (C=O) groups is 1. The second-order valence-electron chi connectivity index (χ2n) is 5.60. The van der Waals surface area contributed by atoms with E-state index in [4.69, 9.17) is 4.52 Å². The molecule has 1 unspecified atom stereocenters. The van der Waals surface area contributed by atoms with Crippen LogP contribution in [0, 0.1) is 5.92 Å². The predicted molar refractivity (Wildman–Crippen MR) is 88.8 cm³/mol. The van der Waals surface area contributed by atoms with E-state index in [-0.39, 0.29) is 11.8 Å². The Morgan fingerprint density at radius 3 is 3.30 bits per heavy atom. The standard InChI is InChI=1S/C16H20N4O2S/c1-2-7-17-16(21)12-5-3-8-20(10-12)11-14-18-15(19-22-14)13-6-4-9-23-13/h2,4,6,9,12H,1,3,5,7-8,10-11H2,(H,17,21). The first-order chi connectivity index (χ1) is 11.3. The molecule has 7 heteroatoms. The molecule has 0 aromatic carbocycles. The monoisotopic (exact) mass is 332 g/mol. The smallest absolute Gasteiger partial charge is 0.241 e. The molecule has 122 valence electrons. The maximum Gasteiger partial charge on any atom is 0.241 e. The lowest BCUT2D eigenvalue weighted by molar-refractivity contribution is -0.126. The van der Waals surface area contributed by atoms with Gasteiger partial charge in [-0.2, -0.15) is 4.98 Å². The molecule has 1 atom stereocenters. The van der Waals surface area contributed by atoms with Crippen LogP contribution in [0.5, 0.6) is 0 Å². The van der Waals surface area contributed by atoms with E-state index >= 15 is 0 Å². The van der Waals surface area contributed by atoms with Crippen molar-refractivity contribution in [1.29, 1.82) is 0 Å². The number of hydrogen-bond acceptors (Lipinski definition) is 6. The molecule has 0 aliphatic carbocycles. The van der Waals surface area contributed by atoms with E-state index in [1.54, 1.807) is 17.4 Å². The van der Waals surface area contributed by atoms with Crippen LogP contribution >= 0.6 is 11.3 Å². The molecule has 1 amide bonds. The van der Waals surface area contributed by atoms with E-state index in [0.29, 0.717) is 24.8 Å². The normalized spacial score (nSPS) is 18.7. The Balaban J connectivity index is 1.57. The van der Waals surface area contributed by atoms with E-state index in [1.165, 1.54) is 0 Å². The van der Waals surface area contributed by atoms with Gasteiger partial charge in [-0.1, -0.05) is 17.3 Å². The molecule has 1 aliphatic rings. The number of hydrogen-bond donors (Lipinski definition) is 1. The van der Waals surface area contributed by atoms with Crippen LogP contribution in [0.3, 0.4) is 0 Å². The first kappa shape index (κ1) is 15.9. The number of rotatable bonds is 6. The summed E-state index contributed by atoms with van der Waals surface area (Å²) in [6.45, 7) is 6.39. The summed E-state index contributed by atoms with van der Waals surface area (Å²) in [4.78, 5) is 19.7. The van der Waals surface area contributed by atoms with Crippen LogP contribution in [-0.2, 0) is 11.3 Å². The summed E-state index contributed by atoms with van der Waals surface area (Å²) in [7, 11) is 0. The third kappa shape index (κ3) is 4.05. The van der Waals surface area contributed by atoms with E-state index in [9.17, 15) is 4.79 Å². The number of carbonyl (C=O) groups excluding carboxylic acids is 1. The Morgan fingerprint density at radius 1 is 1.61 bits per heavy atom. The fourth-order valence-corrected chi connectivity index (χ4v) is 3.40. The van der Waals surface area contributed by atoms with Crippen molar-refractivity contribution in [2.45, 2.75) is 19.4 Å². The zero-order chi connectivity index (χ0) is 16.1. The van der Waals surface area contributed by atoms with Gasteiger partial charge in [0.2, 0.25) is 17.6 Å². The van der Waals surface area contributed by atoms with Gasteiger partial charge in [-0.25, -0.2) is 0 Å². The molecule has 3 heterocycles. The lowest BCUT2D eigenvalue weighted by Gasteiger charge is -2.30. The molecule has 1 aliphatic heterocycles. The fraction of sp³-hybridized carbons (Fsp3) is 0.438. The maximum absolute atomic E-state index is 12.1. The summed E-state index contributed by atoms with van der Waals surface area (Å²) in [5, 5.41) is 8.89. The van der Waals surface area contributed by atoms with Crippen LogP contribution in [0.15, 0.2) is 34.7 Å². The number of likely N-dealkylation sites (tertiary alicyclic amines) is 1. The van der Waals surface area contributed by atoms with Gasteiger partial charge in [0.05, 0.1) is 17.3 Å². The number of nitrogens with zero attached hydrogens (tertiary/aromatic N) is 3. The first-order valence-corrected chi connectivity index (χ1v) is 8.61. The van der Waals surface area contributed by atoms with Crippen molar-refractivity contribution < 1.29 is 9.32 Å². The number of aromatic nitrogens is 2. The van der Waals surface area contributed by atoms with Crippen molar-refractivity contribution >= 4 is 17.2 Å². The summed E-state index contributed by atoms with van der Waals surface area (Å²) in [6, 6.07) is 3.94. The van der Waals surface area contributed by atoms with E-state index in [0.717, 1.165) is 30.8 Å². The highest BCUT2D eigenvalue weighted by Crippen LogP contribution is 2.23. The molecule has 1 saturated heterocycles. The molecule has 1 N–H and O–H groups in total. The van der Waals surface area contributed by atoms with Crippen LogP contribution in [0.2, 0.25) is 0 Å². The summed E-state index contributed by atoms with van der Waals surface area (Å²) < 4.78 is 5.34. The van der Waals surface area contributed by atoms with Gasteiger partial charge in [-0.05, 0) is 30.8 Å². The van der Waals surface area contributed by atoms with Gasteiger partial charge in [-0.15, -0.1) is 17.9 Å². The van der Waals surface area contributed by atoms with Gasteiger partial charge in [0, 0.05) is 13.1 Å². The highest BCUT2D eigenvalue weighted by molar-refractivity contribution is 7.13. The Hall–Kier alpha value is -1.99. The van der Waals surface area contributed by atoms with E-state index in [1.807, 2.05) is 17.5 Å². The maximum atomic E-state index is 12.1. The molecule has 0 bridgehead atoms. The van der Waals surface area contributed by atoms with Crippen LogP contribution in [0.4, 0.5) is 0 Å². The second kappa shape index (κ2) is 7.52. The number of amides is 1. The summed E-state index contributed by atoms with van der Waals surface area (Å²) >= 11 is 1.59. The van der Waals surface area contributed by atoms with Gasteiger partial charge < -0.3 is 9.84 Å². The summed E-state index contributed by atoms with van der Waals surface area (Å²) in [5.74, 6) is 1.34. The van der Waals surface area contributed by atoms with Crippen molar-refractivity contribution in [2.75, 3.05) is 19.6 Å². The molecular formula is C16H20N4O2S. The number of thiophene rings is 1. The van der Waals surface area contributed by atoms with Crippen molar-refractivity contribution in [1.82, 2.24) is 20.4 Å². The lowest BCUT2D eigenvalue weighted by atomic mass is 9.97. The average Bonchev–Trinajstić information content (AvgIpc) is 3.24. The lowest BCUT2D eigenvalue weighted by Crippen LogP contribution is -2.42. The summed E-state index contributed by atoms with van der Waals surface area (Å²) in [5.41, 5.74) is 0. The SMILES string of the molecule is C=CCNC(=O)C1CCCN(Cc2nc(-c3cccs3)no2)C1. The molecule has 2 aromatic rings. The second-order valence-corrected chi connectivity index (χ2v) is 6.54.